The van der Waals surface area contributed by atoms with Crippen LogP contribution in [0.3, 0.4) is 0 Å². The van der Waals surface area contributed by atoms with Crippen LogP contribution in [0.15, 0.2) is 42.5 Å². The van der Waals surface area contributed by atoms with Crippen molar-refractivity contribution in [3.63, 3.8) is 0 Å². The van der Waals surface area contributed by atoms with Gasteiger partial charge in [0, 0.05) is 36.5 Å². The predicted octanol–water partition coefficient (Wildman–Crippen LogP) is 3.80. The van der Waals surface area contributed by atoms with Gasteiger partial charge in [-0.2, -0.15) is 0 Å². The summed E-state index contributed by atoms with van der Waals surface area (Å²) in [5.74, 6) is 1.31. The molecular formula is C19H20N2O4. The van der Waals surface area contributed by atoms with Crippen LogP contribution in [0.1, 0.15) is 34.7 Å². The third-order valence-electron chi connectivity index (χ3n) is 4.76. The minimum atomic E-state index is -0.481. The summed E-state index contributed by atoms with van der Waals surface area (Å²) >= 11 is 0. The summed E-state index contributed by atoms with van der Waals surface area (Å²) in [5.41, 5.74) is 2.28. The molecule has 25 heavy (non-hydrogen) atoms. The molecular weight excluding hydrogens is 320 g/mol. The molecule has 0 atom stereocenters. The molecule has 0 saturated carbocycles. The number of anilines is 1. The topological polar surface area (TPSA) is 72.7 Å². The molecule has 1 aliphatic rings. The highest BCUT2D eigenvalue weighted by Crippen LogP contribution is 2.36. The second-order valence-electron chi connectivity index (χ2n) is 6.12. The average molecular weight is 340 g/mol. The number of benzene rings is 2. The molecule has 0 radical (unpaired) electrons. The van der Waals surface area contributed by atoms with E-state index in [1.54, 1.807) is 13.2 Å². The first-order chi connectivity index (χ1) is 12.1. The number of hydrogen-bond donors (Lipinski definition) is 0. The largest absolute Gasteiger partial charge is 0.496 e. The number of ether oxygens (including phenoxy) is 1. The number of non-ortho nitro benzene ring substituents is 1. The summed E-state index contributed by atoms with van der Waals surface area (Å²) in [5, 5.41) is 10.9. The number of carbonyl (C=O) groups excluding carboxylic acids is 1. The van der Waals surface area contributed by atoms with Gasteiger partial charge < -0.3 is 9.64 Å². The molecule has 1 aliphatic heterocycles. The lowest BCUT2D eigenvalue weighted by atomic mass is 9.88. The number of nitro benzene ring substituents is 1. The Morgan fingerprint density at radius 2 is 1.92 bits per heavy atom. The molecule has 130 valence electrons. The molecule has 2 aromatic rings. The van der Waals surface area contributed by atoms with Gasteiger partial charge >= 0.3 is 0 Å². The SMILES string of the molecule is COc1ccccc1C1CCN(c2ccc([N+](=O)[O-])cc2C=O)CC1. The molecule has 0 aliphatic carbocycles. The number of aldehydes is 1. The highest BCUT2D eigenvalue weighted by atomic mass is 16.6. The lowest BCUT2D eigenvalue weighted by molar-refractivity contribution is -0.384. The van der Waals surface area contributed by atoms with E-state index in [1.165, 1.54) is 17.7 Å². The normalized spacial score (nSPS) is 15.0. The number of para-hydroxylation sites is 1. The van der Waals surface area contributed by atoms with Gasteiger partial charge in [0.15, 0.2) is 6.29 Å². The van der Waals surface area contributed by atoms with Crippen LogP contribution in [0.5, 0.6) is 5.75 Å². The fourth-order valence-corrected chi connectivity index (χ4v) is 3.47. The van der Waals surface area contributed by atoms with Gasteiger partial charge in [0.1, 0.15) is 5.75 Å². The summed E-state index contributed by atoms with van der Waals surface area (Å²) in [6.07, 6.45) is 2.57. The van der Waals surface area contributed by atoms with Gasteiger partial charge in [-0.25, -0.2) is 0 Å². The van der Waals surface area contributed by atoms with E-state index in [1.807, 2.05) is 18.2 Å². The van der Waals surface area contributed by atoms with Crippen molar-refractivity contribution in [1.29, 1.82) is 0 Å². The van der Waals surface area contributed by atoms with Crippen LogP contribution < -0.4 is 9.64 Å². The van der Waals surface area contributed by atoms with E-state index < -0.39 is 4.92 Å². The lowest BCUT2D eigenvalue weighted by Gasteiger charge is -2.34. The van der Waals surface area contributed by atoms with Gasteiger partial charge in [0.2, 0.25) is 0 Å². The third kappa shape index (κ3) is 3.47. The van der Waals surface area contributed by atoms with E-state index in [0.29, 0.717) is 17.8 Å². The average Bonchev–Trinajstić information content (AvgIpc) is 2.67. The molecule has 0 bridgehead atoms. The Bertz CT molecular complexity index is 783. The number of nitrogens with zero attached hydrogens (tertiary/aromatic N) is 2. The van der Waals surface area contributed by atoms with Crippen molar-refractivity contribution in [3.8, 4) is 5.75 Å². The molecule has 6 nitrogen and oxygen atoms in total. The Morgan fingerprint density at radius 1 is 1.20 bits per heavy atom. The fraction of sp³-hybridized carbons (Fsp3) is 0.316. The Hall–Kier alpha value is -2.89. The van der Waals surface area contributed by atoms with Crippen molar-refractivity contribution >= 4 is 17.7 Å². The van der Waals surface area contributed by atoms with Gasteiger partial charge in [0.25, 0.3) is 5.69 Å². The molecule has 0 spiro atoms. The molecule has 2 aromatic carbocycles. The first-order valence-electron chi connectivity index (χ1n) is 8.25. The standard InChI is InChI=1S/C19H20N2O4/c1-25-19-5-3-2-4-17(19)14-8-10-20(11-9-14)18-7-6-16(21(23)24)12-15(18)13-22/h2-7,12-14H,8-11H2,1H3. The van der Waals surface area contributed by atoms with E-state index in [0.717, 1.165) is 37.4 Å². The smallest absolute Gasteiger partial charge is 0.270 e. The van der Waals surface area contributed by atoms with Gasteiger partial charge in [-0.05, 0) is 36.5 Å². The summed E-state index contributed by atoms with van der Waals surface area (Å²) in [7, 11) is 1.68. The highest BCUT2D eigenvalue weighted by Gasteiger charge is 2.24. The van der Waals surface area contributed by atoms with Crippen LogP contribution in [0.25, 0.3) is 0 Å². The molecule has 1 fully saturated rings. The van der Waals surface area contributed by atoms with Crippen molar-refractivity contribution in [2.45, 2.75) is 18.8 Å². The molecule has 0 aromatic heterocycles. The lowest BCUT2D eigenvalue weighted by Crippen LogP contribution is -2.33. The maximum absolute atomic E-state index is 11.3. The maximum Gasteiger partial charge on any atom is 0.270 e. The second kappa shape index (κ2) is 7.34. The zero-order valence-corrected chi connectivity index (χ0v) is 14.1. The van der Waals surface area contributed by atoms with Gasteiger partial charge in [0.05, 0.1) is 12.0 Å². The first kappa shape index (κ1) is 17.0. The zero-order valence-electron chi connectivity index (χ0n) is 14.1. The molecule has 3 rings (SSSR count). The van der Waals surface area contributed by atoms with E-state index in [2.05, 4.69) is 11.0 Å². The van der Waals surface area contributed by atoms with Crippen LogP contribution in [-0.2, 0) is 0 Å². The zero-order chi connectivity index (χ0) is 17.8. The Morgan fingerprint density at radius 3 is 2.56 bits per heavy atom. The number of hydrogen-bond acceptors (Lipinski definition) is 5. The van der Waals surface area contributed by atoms with Crippen molar-refractivity contribution in [2.24, 2.45) is 0 Å². The Balaban J connectivity index is 1.76. The monoisotopic (exact) mass is 340 g/mol. The van der Waals surface area contributed by atoms with E-state index >= 15 is 0 Å². The van der Waals surface area contributed by atoms with E-state index in [4.69, 9.17) is 4.74 Å². The second-order valence-corrected chi connectivity index (χ2v) is 6.12. The predicted molar refractivity (Wildman–Crippen MR) is 95.7 cm³/mol. The highest BCUT2D eigenvalue weighted by molar-refractivity contribution is 5.86. The quantitative estimate of drug-likeness (QED) is 0.470. The molecule has 1 heterocycles. The minimum absolute atomic E-state index is 0.0604. The Kier molecular flexibility index (Phi) is 4.97. The Labute approximate surface area is 146 Å². The van der Waals surface area contributed by atoms with Gasteiger partial charge in [-0.15, -0.1) is 0 Å². The number of rotatable bonds is 5. The van der Waals surface area contributed by atoms with Crippen LogP contribution in [0.4, 0.5) is 11.4 Å². The van der Waals surface area contributed by atoms with Crippen molar-refractivity contribution in [1.82, 2.24) is 0 Å². The van der Waals surface area contributed by atoms with Crippen LogP contribution in [-0.4, -0.2) is 31.4 Å². The van der Waals surface area contributed by atoms with Gasteiger partial charge in [-0.1, -0.05) is 18.2 Å². The van der Waals surface area contributed by atoms with Gasteiger partial charge in [-0.3, -0.25) is 14.9 Å². The van der Waals surface area contributed by atoms with Crippen LogP contribution in [0.2, 0.25) is 0 Å². The van der Waals surface area contributed by atoms with Crippen molar-refractivity contribution in [3.05, 3.63) is 63.7 Å². The minimum Gasteiger partial charge on any atom is -0.496 e. The third-order valence-corrected chi connectivity index (χ3v) is 4.76. The molecule has 1 saturated heterocycles. The maximum atomic E-state index is 11.3. The fourth-order valence-electron chi connectivity index (χ4n) is 3.47. The van der Waals surface area contributed by atoms with Crippen LogP contribution in [0, 0.1) is 10.1 Å². The summed E-state index contributed by atoms with van der Waals surface area (Å²) in [6, 6.07) is 12.5. The number of methoxy groups -OCH3 is 1. The molecule has 0 unspecified atom stereocenters. The van der Waals surface area contributed by atoms with Crippen molar-refractivity contribution in [2.75, 3.05) is 25.1 Å². The molecule has 0 amide bonds. The van der Waals surface area contributed by atoms with E-state index in [-0.39, 0.29) is 5.69 Å². The molecule has 0 N–H and O–H groups in total. The van der Waals surface area contributed by atoms with Crippen molar-refractivity contribution < 1.29 is 14.5 Å². The summed E-state index contributed by atoms with van der Waals surface area (Å²) < 4.78 is 5.46. The summed E-state index contributed by atoms with van der Waals surface area (Å²) in [4.78, 5) is 23.9. The number of nitro groups is 1. The van der Waals surface area contributed by atoms with E-state index in [9.17, 15) is 14.9 Å². The number of carbonyl (C=O) groups is 1. The first-order valence-corrected chi connectivity index (χ1v) is 8.25. The van der Waals surface area contributed by atoms with Crippen LogP contribution >= 0.6 is 0 Å². The number of piperidine rings is 1. The summed E-state index contributed by atoms with van der Waals surface area (Å²) in [6.45, 7) is 1.59. The molecule has 6 heteroatoms.